The lowest BCUT2D eigenvalue weighted by atomic mass is 9.85. The van der Waals surface area contributed by atoms with E-state index in [1.807, 2.05) is 0 Å². The van der Waals surface area contributed by atoms with Crippen molar-refractivity contribution in [3.8, 4) is 22.8 Å². The monoisotopic (exact) mass is 561 g/mol. The van der Waals surface area contributed by atoms with Gasteiger partial charge in [0.25, 0.3) is 0 Å². The first kappa shape index (κ1) is 26.8. The van der Waals surface area contributed by atoms with E-state index in [1.165, 1.54) is 0 Å². The predicted molar refractivity (Wildman–Crippen MR) is 129 cm³/mol. The Morgan fingerprint density at radius 1 is 1.11 bits per heavy atom. The van der Waals surface area contributed by atoms with Crippen molar-refractivity contribution in [2.45, 2.75) is 18.4 Å². The third kappa shape index (κ3) is 5.84. The van der Waals surface area contributed by atoms with Crippen LogP contribution in [0.2, 0.25) is 5.02 Å². The molecule has 1 fully saturated rings. The van der Waals surface area contributed by atoms with E-state index in [-0.39, 0.29) is 40.3 Å². The molecular formula is C21H22ClNO11P2. The third-order valence-electron chi connectivity index (χ3n) is 5.74. The fourth-order valence-corrected chi connectivity index (χ4v) is 5.55. The zero-order valence-electron chi connectivity index (χ0n) is 18.6. The molecule has 0 bridgehead atoms. The first-order chi connectivity index (χ1) is 16.7. The van der Waals surface area contributed by atoms with Crippen LogP contribution in [-0.4, -0.2) is 55.8 Å². The van der Waals surface area contributed by atoms with E-state index < -0.39 is 44.6 Å². The van der Waals surface area contributed by atoms with Gasteiger partial charge in [0.15, 0.2) is 5.43 Å². The van der Waals surface area contributed by atoms with Crippen LogP contribution in [0.1, 0.15) is 17.9 Å². The van der Waals surface area contributed by atoms with Gasteiger partial charge in [0.1, 0.15) is 28.2 Å². The molecule has 1 aliphatic rings. The average Bonchev–Trinajstić information content (AvgIpc) is 2.72. The second-order valence-corrected chi connectivity index (χ2v) is 11.1. The standard InChI is InChI=1S/C21H22ClNO11P2/c1-23-7-6-12(18(10-23)34-36(29,30)31)19-17(33-35(26,27)28)9-15(25)20-14(24)8-16(32-21(19)20)11-4-2-3-5-13(11)22/h2-5,8-9,12,18,25H,6-7,10H2,1H3,(H2,26,27,28)(H2,29,30,31)/t12-,18+/m0/s1. The van der Waals surface area contributed by atoms with Crippen molar-refractivity contribution in [2.24, 2.45) is 0 Å². The number of phenols is 1. The highest BCUT2D eigenvalue weighted by Crippen LogP contribution is 2.51. The highest BCUT2D eigenvalue weighted by atomic mass is 35.5. The Bertz CT molecular complexity index is 1460. The second-order valence-electron chi connectivity index (χ2n) is 8.34. The number of benzene rings is 2. The molecule has 3 aromatic rings. The number of nitrogens with zero attached hydrogens (tertiary/aromatic N) is 1. The van der Waals surface area contributed by atoms with E-state index in [0.717, 1.165) is 12.1 Å². The number of hydrogen-bond donors (Lipinski definition) is 5. The number of hydrogen-bond acceptors (Lipinski definition) is 8. The molecule has 4 rings (SSSR count). The van der Waals surface area contributed by atoms with E-state index in [9.17, 15) is 38.6 Å². The largest absolute Gasteiger partial charge is 0.524 e. The molecular weight excluding hydrogens is 540 g/mol. The van der Waals surface area contributed by atoms with Crippen molar-refractivity contribution >= 4 is 38.2 Å². The van der Waals surface area contributed by atoms with Gasteiger partial charge in [-0.15, -0.1) is 0 Å². The third-order valence-corrected chi connectivity index (χ3v) is 7.05. The highest BCUT2D eigenvalue weighted by Gasteiger charge is 2.39. The molecule has 2 heterocycles. The number of aromatic hydroxyl groups is 1. The van der Waals surface area contributed by atoms with Gasteiger partial charge in [0.2, 0.25) is 0 Å². The fourth-order valence-electron chi connectivity index (χ4n) is 4.34. The van der Waals surface area contributed by atoms with Gasteiger partial charge in [-0.1, -0.05) is 23.7 Å². The lowest BCUT2D eigenvalue weighted by Crippen LogP contribution is -2.41. The number of halogens is 1. The normalized spacial score (nSPS) is 19.5. The van der Waals surface area contributed by atoms with Crippen LogP contribution in [0.5, 0.6) is 11.5 Å². The molecule has 194 valence electrons. The molecule has 0 aliphatic carbocycles. The minimum atomic E-state index is -5.18. The Kier molecular flexibility index (Phi) is 7.38. The van der Waals surface area contributed by atoms with E-state index in [2.05, 4.69) is 0 Å². The molecule has 12 nitrogen and oxygen atoms in total. The number of rotatable bonds is 6. The summed E-state index contributed by atoms with van der Waals surface area (Å²) >= 11 is 6.26. The zero-order chi connectivity index (χ0) is 26.4. The first-order valence-electron chi connectivity index (χ1n) is 10.5. The molecule has 5 N–H and O–H groups in total. The summed E-state index contributed by atoms with van der Waals surface area (Å²) in [5.74, 6) is -2.16. The van der Waals surface area contributed by atoms with Gasteiger partial charge in [-0.2, -0.15) is 0 Å². The number of phenolic OH excluding ortho intramolecular Hbond substituents is 1. The number of phosphoric ester groups is 2. The predicted octanol–water partition coefficient (Wildman–Crippen LogP) is 3.19. The highest BCUT2D eigenvalue weighted by molar-refractivity contribution is 7.46. The van der Waals surface area contributed by atoms with Crippen molar-refractivity contribution in [1.29, 1.82) is 0 Å². The van der Waals surface area contributed by atoms with Crippen molar-refractivity contribution in [2.75, 3.05) is 20.1 Å². The number of piperidine rings is 1. The molecule has 0 amide bonds. The quantitative estimate of drug-likeness (QED) is 0.277. The van der Waals surface area contributed by atoms with Crippen LogP contribution < -0.4 is 9.95 Å². The zero-order valence-corrected chi connectivity index (χ0v) is 21.2. The molecule has 0 spiro atoms. The summed E-state index contributed by atoms with van der Waals surface area (Å²) in [6.45, 7) is 0.430. The maximum absolute atomic E-state index is 13.1. The molecule has 15 heteroatoms. The Morgan fingerprint density at radius 2 is 1.81 bits per heavy atom. The smallest absolute Gasteiger partial charge is 0.507 e. The van der Waals surface area contributed by atoms with E-state index >= 15 is 0 Å². The minimum absolute atomic E-state index is 0.00698. The first-order valence-corrected chi connectivity index (χ1v) is 13.9. The van der Waals surface area contributed by atoms with Gasteiger partial charge in [0.05, 0.1) is 11.1 Å². The molecule has 2 aromatic carbocycles. The van der Waals surface area contributed by atoms with Crippen molar-refractivity contribution < 1.29 is 47.3 Å². The summed E-state index contributed by atoms with van der Waals surface area (Å²) in [7, 11) is -8.48. The second kappa shape index (κ2) is 9.90. The number of fused-ring (bicyclic) bond motifs is 1. The number of likely N-dealkylation sites (tertiary alicyclic amines) is 1. The number of phosphoric acid groups is 2. The molecule has 0 saturated carbocycles. The van der Waals surface area contributed by atoms with Gasteiger partial charge >= 0.3 is 15.6 Å². The molecule has 2 atom stereocenters. The summed E-state index contributed by atoms with van der Waals surface area (Å²) in [5.41, 5.74) is -0.734. The van der Waals surface area contributed by atoms with E-state index in [1.54, 1.807) is 36.2 Å². The van der Waals surface area contributed by atoms with Crippen LogP contribution in [-0.2, 0) is 13.7 Å². The van der Waals surface area contributed by atoms with Gasteiger partial charge < -0.3 is 28.7 Å². The SMILES string of the molecule is CN1CC[C@H](c2c(OP(=O)(O)O)cc(O)c3c(=O)cc(-c4ccccc4Cl)oc23)[C@H](OP(=O)(O)O)C1. The molecule has 0 unspecified atom stereocenters. The lowest BCUT2D eigenvalue weighted by Gasteiger charge is -2.37. The topological polar surface area (TPSA) is 187 Å². The van der Waals surface area contributed by atoms with Crippen molar-refractivity contribution in [1.82, 2.24) is 4.90 Å². The minimum Gasteiger partial charge on any atom is -0.507 e. The molecule has 1 aromatic heterocycles. The van der Waals surface area contributed by atoms with Gasteiger partial charge in [0, 0.05) is 35.7 Å². The Hall–Kier alpha value is -2.24. The van der Waals surface area contributed by atoms with Crippen LogP contribution in [0.25, 0.3) is 22.3 Å². The molecule has 0 radical (unpaired) electrons. The summed E-state index contributed by atoms with van der Waals surface area (Å²) in [6, 6.07) is 8.42. The number of likely N-dealkylation sites (N-methyl/N-ethyl adjacent to an activating group) is 1. The van der Waals surface area contributed by atoms with Crippen LogP contribution >= 0.6 is 27.2 Å². The maximum atomic E-state index is 13.1. The van der Waals surface area contributed by atoms with Crippen LogP contribution in [0, 0.1) is 0 Å². The van der Waals surface area contributed by atoms with Gasteiger partial charge in [-0.3, -0.25) is 19.1 Å². The van der Waals surface area contributed by atoms with Crippen molar-refractivity contribution in [3.63, 3.8) is 0 Å². The van der Waals surface area contributed by atoms with Crippen LogP contribution in [0.3, 0.4) is 0 Å². The molecule has 1 aliphatic heterocycles. The summed E-state index contributed by atoms with van der Waals surface area (Å²) in [4.78, 5) is 52.8. The maximum Gasteiger partial charge on any atom is 0.524 e. The summed E-state index contributed by atoms with van der Waals surface area (Å²) in [5, 5.41) is 10.5. The lowest BCUT2D eigenvalue weighted by molar-refractivity contribution is 0.0545. The Morgan fingerprint density at radius 3 is 2.44 bits per heavy atom. The van der Waals surface area contributed by atoms with Crippen LogP contribution in [0.15, 0.2) is 45.6 Å². The van der Waals surface area contributed by atoms with E-state index in [4.69, 9.17) is 25.1 Å². The van der Waals surface area contributed by atoms with Gasteiger partial charge in [-0.25, -0.2) is 9.13 Å². The molecule has 36 heavy (non-hydrogen) atoms. The van der Waals surface area contributed by atoms with Crippen molar-refractivity contribution in [3.05, 3.63) is 57.2 Å². The Labute approximate surface area is 209 Å². The van der Waals surface area contributed by atoms with Crippen LogP contribution in [0.4, 0.5) is 0 Å². The fraction of sp³-hybridized carbons (Fsp3) is 0.286. The molecule has 1 saturated heterocycles. The average molecular weight is 562 g/mol. The summed E-state index contributed by atoms with van der Waals surface area (Å²) < 4.78 is 39.3. The van der Waals surface area contributed by atoms with Gasteiger partial charge in [-0.05, 0) is 32.1 Å². The van der Waals surface area contributed by atoms with E-state index in [0.29, 0.717) is 12.1 Å². The Balaban J connectivity index is 2.05. The summed E-state index contributed by atoms with van der Waals surface area (Å²) in [6.07, 6.45) is -1.01.